The van der Waals surface area contributed by atoms with E-state index in [0.717, 1.165) is 0 Å². The molecule has 0 aliphatic carbocycles. The third kappa shape index (κ3) is 3.48. The summed E-state index contributed by atoms with van der Waals surface area (Å²) in [6.45, 7) is 6.69. The van der Waals surface area contributed by atoms with Crippen molar-refractivity contribution < 1.29 is 0 Å². The van der Waals surface area contributed by atoms with E-state index in [4.69, 9.17) is 0 Å². The topological polar surface area (TPSA) is 12.4 Å². The molecular weight excluding hydrogens is 162 g/mol. The molecular formula is C10H15NSi. The molecule has 0 bridgehead atoms. The Labute approximate surface area is 75.2 Å². The van der Waals surface area contributed by atoms with Crippen LogP contribution < -0.4 is 0 Å². The van der Waals surface area contributed by atoms with Gasteiger partial charge < -0.3 is 4.66 Å². The van der Waals surface area contributed by atoms with Gasteiger partial charge in [-0.3, -0.25) is 0 Å². The van der Waals surface area contributed by atoms with Gasteiger partial charge in [0, 0.05) is 6.21 Å². The first-order valence-corrected chi connectivity index (χ1v) is 7.63. The Hall–Kier alpha value is -0.893. The summed E-state index contributed by atoms with van der Waals surface area (Å²) in [5.74, 6) is 0. The van der Waals surface area contributed by atoms with Crippen LogP contribution >= 0.6 is 0 Å². The van der Waals surface area contributed by atoms with Gasteiger partial charge in [-0.05, 0) is 25.2 Å². The van der Waals surface area contributed by atoms with Gasteiger partial charge in [-0.2, -0.15) is 0 Å². The highest BCUT2D eigenvalue weighted by Gasteiger charge is 2.08. The zero-order valence-corrected chi connectivity index (χ0v) is 8.91. The zero-order chi connectivity index (χ0) is 9.03. The highest BCUT2D eigenvalue weighted by Crippen LogP contribution is 2.02. The standard InChI is InChI=1S/C10H15NSi/c1-12(2,3)11-9-10-7-5-4-6-8-10/h4-9H,1-3H3/b11-9+. The van der Waals surface area contributed by atoms with Crippen LogP contribution in [0.5, 0.6) is 0 Å². The SMILES string of the molecule is C[Si](C)(C)/N=C/c1ccccc1. The number of hydrogen-bond acceptors (Lipinski definition) is 1. The molecule has 1 nitrogen and oxygen atoms in total. The number of nitrogens with zero attached hydrogens (tertiary/aromatic N) is 1. The lowest BCUT2D eigenvalue weighted by Crippen LogP contribution is -2.16. The minimum Gasteiger partial charge on any atom is -0.329 e. The Bertz CT molecular complexity index is 259. The molecule has 0 fully saturated rings. The van der Waals surface area contributed by atoms with E-state index in [-0.39, 0.29) is 0 Å². The predicted octanol–water partition coefficient (Wildman–Crippen LogP) is 2.94. The van der Waals surface area contributed by atoms with Crippen LogP contribution in [0.3, 0.4) is 0 Å². The van der Waals surface area contributed by atoms with Crippen molar-refractivity contribution in [3.8, 4) is 0 Å². The largest absolute Gasteiger partial charge is 0.329 e. The van der Waals surface area contributed by atoms with Crippen LogP contribution in [0.25, 0.3) is 0 Å². The van der Waals surface area contributed by atoms with Gasteiger partial charge in [-0.15, -0.1) is 0 Å². The summed E-state index contributed by atoms with van der Waals surface area (Å²) < 4.78 is 4.54. The van der Waals surface area contributed by atoms with Crippen LogP contribution in [0.1, 0.15) is 5.56 Å². The fourth-order valence-corrected chi connectivity index (χ4v) is 1.34. The third-order valence-electron chi connectivity index (χ3n) is 1.40. The van der Waals surface area contributed by atoms with Gasteiger partial charge >= 0.3 is 0 Å². The summed E-state index contributed by atoms with van der Waals surface area (Å²) >= 11 is 0. The van der Waals surface area contributed by atoms with Crippen molar-refractivity contribution in [2.45, 2.75) is 19.6 Å². The van der Waals surface area contributed by atoms with Crippen LogP contribution in [0.15, 0.2) is 35.0 Å². The van der Waals surface area contributed by atoms with Crippen LogP contribution in [0, 0.1) is 0 Å². The minimum absolute atomic E-state index is 1.19. The second kappa shape index (κ2) is 3.67. The van der Waals surface area contributed by atoms with E-state index in [0.29, 0.717) is 0 Å². The molecule has 0 spiro atoms. The number of benzene rings is 1. The fourth-order valence-electron chi connectivity index (χ4n) is 0.807. The molecule has 0 saturated heterocycles. The summed E-state index contributed by atoms with van der Waals surface area (Å²) in [4.78, 5) is 0. The molecule has 0 unspecified atom stereocenters. The Kier molecular flexibility index (Phi) is 2.81. The maximum absolute atomic E-state index is 4.54. The highest BCUT2D eigenvalue weighted by molar-refractivity contribution is 6.75. The summed E-state index contributed by atoms with van der Waals surface area (Å²) in [5, 5.41) is 0. The smallest absolute Gasteiger partial charge is 0.172 e. The Morgan fingerprint density at radius 1 is 1.08 bits per heavy atom. The fraction of sp³-hybridized carbons (Fsp3) is 0.300. The molecule has 0 amide bonds. The molecule has 1 rings (SSSR count). The Balaban J connectivity index is 2.71. The van der Waals surface area contributed by atoms with Crippen molar-refractivity contribution >= 4 is 14.5 Å². The normalized spacial score (nSPS) is 12.2. The second-order valence-corrected chi connectivity index (χ2v) is 8.44. The van der Waals surface area contributed by atoms with Crippen molar-refractivity contribution in [2.75, 3.05) is 0 Å². The summed E-state index contributed by atoms with van der Waals surface area (Å²) in [7, 11) is -1.27. The molecule has 64 valence electrons. The molecule has 1 aromatic carbocycles. The van der Waals surface area contributed by atoms with Crippen LogP contribution in [0.4, 0.5) is 0 Å². The average molecular weight is 177 g/mol. The van der Waals surface area contributed by atoms with Gasteiger partial charge in [0.05, 0.1) is 0 Å². The molecule has 0 N–H and O–H groups in total. The molecule has 0 radical (unpaired) electrons. The van der Waals surface area contributed by atoms with E-state index in [1.54, 1.807) is 0 Å². The van der Waals surface area contributed by atoms with E-state index in [2.05, 4.69) is 36.4 Å². The van der Waals surface area contributed by atoms with E-state index in [1.807, 2.05) is 24.4 Å². The molecule has 12 heavy (non-hydrogen) atoms. The first-order valence-electron chi connectivity index (χ1n) is 4.18. The molecule has 2 heteroatoms. The van der Waals surface area contributed by atoms with Gasteiger partial charge in [-0.1, -0.05) is 30.3 Å². The van der Waals surface area contributed by atoms with Crippen LogP contribution in [-0.2, 0) is 0 Å². The number of hydrogen-bond donors (Lipinski definition) is 0. The molecule has 0 saturated carbocycles. The van der Waals surface area contributed by atoms with Gasteiger partial charge in [0.1, 0.15) is 0 Å². The minimum atomic E-state index is -1.27. The molecule has 0 atom stereocenters. The lowest BCUT2D eigenvalue weighted by atomic mass is 10.2. The van der Waals surface area contributed by atoms with Crippen LogP contribution in [-0.4, -0.2) is 14.5 Å². The average Bonchev–Trinajstić information content (AvgIpc) is 2.02. The Morgan fingerprint density at radius 3 is 2.17 bits per heavy atom. The molecule has 1 aromatic rings. The van der Waals surface area contributed by atoms with E-state index in [9.17, 15) is 0 Å². The van der Waals surface area contributed by atoms with Crippen molar-refractivity contribution in [3.63, 3.8) is 0 Å². The maximum Gasteiger partial charge on any atom is 0.172 e. The van der Waals surface area contributed by atoms with Gasteiger partial charge in [0.25, 0.3) is 0 Å². The van der Waals surface area contributed by atoms with E-state index in [1.165, 1.54) is 5.56 Å². The zero-order valence-electron chi connectivity index (χ0n) is 7.91. The quantitative estimate of drug-likeness (QED) is 0.486. The van der Waals surface area contributed by atoms with E-state index < -0.39 is 8.24 Å². The first-order chi connectivity index (χ1) is 5.58. The maximum atomic E-state index is 4.54. The van der Waals surface area contributed by atoms with Crippen molar-refractivity contribution in [1.82, 2.24) is 0 Å². The van der Waals surface area contributed by atoms with Crippen molar-refractivity contribution in [3.05, 3.63) is 35.9 Å². The summed E-state index contributed by atoms with van der Waals surface area (Å²) in [6, 6.07) is 10.2. The number of rotatable bonds is 2. The monoisotopic (exact) mass is 177 g/mol. The van der Waals surface area contributed by atoms with E-state index >= 15 is 0 Å². The third-order valence-corrected chi connectivity index (χ3v) is 2.30. The predicted molar refractivity (Wildman–Crippen MR) is 57.4 cm³/mol. The molecule has 0 aliphatic rings. The molecule has 0 aliphatic heterocycles. The summed E-state index contributed by atoms with van der Waals surface area (Å²) in [5.41, 5.74) is 1.19. The highest BCUT2D eigenvalue weighted by atomic mass is 28.3. The first kappa shape index (κ1) is 9.20. The van der Waals surface area contributed by atoms with Gasteiger partial charge in [0.15, 0.2) is 8.24 Å². The van der Waals surface area contributed by atoms with Crippen molar-refractivity contribution in [1.29, 1.82) is 0 Å². The Morgan fingerprint density at radius 2 is 1.67 bits per heavy atom. The molecule has 0 aromatic heterocycles. The lowest BCUT2D eigenvalue weighted by molar-refractivity contribution is 1.56. The summed E-state index contributed by atoms with van der Waals surface area (Å²) in [6.07, 6.45) is 1.98. The van der Waals surface area contributed by atoms with Gasteiger partial charge in [0.2, 0.25) is 0 Å². The van der Waals surface area contributed by atoms with Gasteiger partial charge in [-0.25, -0.2) is 0 Å². The lowest BCUT2D eigenvalue weighted by Gasteiger charge is -2.06. The van der Waals surface area contributed by atoms with Crippen molar-refractivity contribution in [2.24, 2.45) is 4.66 Å². The molecule has 0 heterocycles. The second-order valence-electron chi connectivity index (χ2n) is 3.84. The van der Waals surface area contributed by atoms with Crippen LogP contribution in [0.2, 0.25) is 19.6 Å².